The van der Waals surface area contributed by atoms with Gasteiger partial charge in [-0.2, -0.15) is 0 Å². The summed E-state index contributed by atoms with van der Waals surface area (Å²) in [6, 6.07) is 20.2. The van der Waals surface area contributed by atoms with Crippen LogP contribution in [0.25, 0.3) is 10.8 Å². The zero-order chi connectivity index (χ0) is 12.7. The predicted molar refractivity (Wildman–Crippen MR) is 77.7 cm³/mol. The van der Waals surface area contributed by atoms with E-state index >= 15 is 0 Å². The van der Waals surface area contributed by atoms with Gasteiger partial charge in [0.2, 0.25) is 0 Å². The van der Waals surface area contributed by atoms with Crippen LogP contribution in [0, 0.1) is 0 Å². The quantitative estimate of drug-likeness (QED) is 0.440. The molecule has 2 heteroatoms. The molecule has 0 radical (unpaired) electrons. The Labute approximate surface area is 111 Å². The van der Waals surface area contributed by atoms with E-state index in [-0.39, 0.29) is 0 Å². The third-order valence-electron chi connectivity index (χ3n) is 3.35. The standard InChI is InChI=1S/C17H11NO/c1-2-6-13-12(5-1)9-10-16-14(13)11-18-15-7-3-4-8-17(15)19-16/h1-11H. The Balaban J connectivity index is 2.01. The van der Waals surface area contributed by atoms with Gasteiger partial charge in [0.25, 0.3) is 0 Å². The first kappa shape index (κ1) is 10.3. The average molecular weight is 245 g/mol. The molecule has 0 saturated carbocycles. The summed E-state index contributed by atoms with van der Waals surface area (Å²) < 4.78 is 5.99. The van der Waals surface area contributed by atoms with E-state index in [4.69, 9.17) is 4.74 Å². The summed E-state index contributed by atoms with van der Waals surface area (Å²) in [5.74, 6) is 1.65. The van der Waals surface area contributed by atoms with Gasteiger partial charge in [-0.25, -0.2) is 0 Å². The molecule has 0 atom stereocenters. The van der Waals surface area contributed by atoms with Crippen LogP contribution in [0.4, 0.5) is 5.69 Å². The highest BCUT2D eigenvalue weighted by Gasteiger charge is 2.13. The van der Waals surface area contributed by atoms with Crippen molar-refractivity contribution < 1.29 is 4.74 Å². The second kappa shape index (κ2) is 3.95. The number of aliphatic imine (C=N–C) groups is 1. The number of rotatable bonds is 0. The van der Waals surface area contributed by atoms with Crippen LogP contribution in [-0.4, -0.2) is 6.21 Å². The van der Waals surface area contributed by atoms with E-state index in [0.717, 1.165) is 28.1 Å². The fraction of sp³-hybridized carbons (Fsp3) is 0. The van der Waals surface area contributed by atoms with E-state index in [1.54, 1.807) is 0 Å². The number of nitrogens with zero attached hydrogens (tertiary/aromatic N) is 1. The Morgan fingerprint density at radius 1 is 0.737 bits per heavy atom. The molecule has 0 bridgehead atoms. The Morgan fingerprint density at radius 3 is 2.58 bits per heavy atom. The van der Waals surface area contributed by atoms with Crippen molar-refractivity contribution in [3.05, 3.63) is 66.2 Å². The topological polar surface area (TPSA) is 21.6 Å². The van der Waals surface area contributed by atoms with Crippen molar-refractivity contribution in [3.63, 3.8) is 0 Å². The van der Waals surface area contributed by atoms with Gasteiger partial charge in [0.1, 0.15) is 11.4 Å². The van der Waals surface area contributed by atoms with Crippen molar-refractivity contribution >= 4 is 22.7 Å². The molecule has 3 aromatic carbocycles. The van der Waals surface area contributed by atoms with Gasteiger partial charge in [-0.1, -0.05) is 42.5 Å². The van der Waals surface area contributed by atoms with Crippen LogP contribution in [0.2, 0.25) is 0 Å². The van der Waals surface area contributed by atoms with Crippen LogP contribution in [0.1, 0.15) is 5.56 Å². The molecule has 0 fully saturated rings. The number of hydrogen-bond acceptors (Lipinski definition) is 2. The first-order valence-electron chi connectivity index (χ1n) is 6.24. The van der Waals surface area contributed by atoms with Gasteiger partial charge in [-0.3, -0.25) is 4.99 Å². The number of para-hydroxylation sites is 2. The van der Waals surface area contributed by atoms with E-state index in [0.29, 0.717) is 0 Å². The van der Waals surface area contributed by atoms with Crippen molar-refractivity contribution in [2.24, 2.45) is 4.99 Å². The van der Waals surface area contributed by atoms with Crippen LogP contribution >= 0.6 is 0 Å². The zero-order valence-electron chi connectivity index (χ0n) is 10.2. The maximum absolute atomic E-state index is 5.99. The molecule has 0 saturated heterocycles. The molecule has 90 valence electrons. The lowest BCUT2D eigenvalue weighted by atomic mass is 10.0. The minimum absolute atomic E-state index is 0.799. The Morgan fingerprint density at radius 2 is 1.58 bits per heavy atom. The molecule has 0 N–H and O–H groups in total. The summed E-state index contributed by atoms with van der Waals surface area (Å²) in [6.45, 7) is 0. The third-order valence-corrected chi connectivity index (χ3v) is 3.35. The van der Waals surface area contributed by atoms with Crippen molar-refractivity contribution in [1.29, 1.82) is 0 Å². The van der Waals surface area contributed by atoms with E-state index in [1.807, 2.05) is 48.7 Å². The highest BCUT2D eigenvalue weighted by Crippen LogP contribution is 2.37. The predicted octanol–water partition coefficient (Wildman–Crippen LogP) is 4.70. The lowest BCUT2D eigenvalue weighted by molar-refractivity contribution is 0.485. The molecule has 0 amide bonds. The molecule has 19 heavy (non-hydrogen) atoms. The molecule has 1 heterocycles. The molecule has 1 aliphatic rings. The van der Waals surface area contributed by atoms with Gasteiger partial charge in [-0.15, -0.1) is 0 Å². The number of hydrogen-bond donors (Lipinski definition) is 0. The molecule has 0 spiro atoms. The third kappa shape index (κ3) is 1.61. The van der Waals surface area contributed by atoms with Crippen LogP contribution in [-0.2, 0) is 0 Å². The van der Waals surface area contributed by atoms with Crippen LogP contribution in [0.15, 0.2) is 65.7 Å². The van der Waals surface area contributed by atoms with E-state index in [9.17, 15) is 0 Å². The van der Waals surface area contributed by atoms with Crippen LogP contribution in [0.5, 0.6) is 11.5 Å². The summed E-state index contributed by atoms with van der Waals surface area (Å²) in [5.41, 5.74) is 1.90. The van der Waals surface area contributed by atoms with Crippen molar-refractivity contribution in [2.75, 3.05) is 0 Å². The lowest BCUT2D eigenvalue weighted by Crippen LogP contribution is -1.89. The molecule has 1 aliphatic heterocycles. The maximum Gasteiger partial charge on any atom is 0.153 e. The first-order chi connectivity index (χ1) is 9.42. The molecular formula is C17H11NO. The molecule has 4 rings (SSSR count). The van der Waals surface area contributed by atoms with E-state index in [1.165, 1.54) is 5.39 Å². The monoisotopic (exact) mass is 245 g/mol. The van der Waals surface area contributed by atoms with Crippen molar-refractivity contribution in [3.8, 4) is 11.5 Å². The molecule has 0 aliphatic carbocycles. The summed E-state index contributed by atoms with van der Waals surface area (Å²) in [5, 5.41) is 2.36. The SMILES string of the molecule is C1=Nc2ccccc2Oc2ccc3ccccc3c21. The fourth-order valence-electron chi connectivity index (χ4n) is 2.40. The summed E-state index contributed by atoms with van der Waals surface area (Å²) in [4.78, 5) is 4.53. The Bertz CT molecular complexity index is 805. The second-order valence-electron chi connectivity index (χ2n) is 4.53. The number of fused-ring (bicyclic) bond motifs is 4. The van der Waals surface area contributed by atoms with E-state index < -0.39 is 0 Å². The largest absolute Gasteiger partial charge is 0.454 e. The molecule has 0 unspecified atom stereocenters. The summed E-state index contributed by atoms with van der Waals surface area (Å²) in [7, 11) is 0. The minimum Gasteiger partial charge on any atom is -0.454 e. The molecule has 3 aromatic rings. The van der Waals surface area contributed by atoms with Gasteiger partial charge in [0.15, 0.2) is 5.75 Å². The van der Waals surface area contributed by atoms with Gasteiger partial charge < -0.3 is 4.74 Å². The summed E-state index contributed by atoms with van der Waals surface area (Å²) >= 11 is 0. The van der Waals surface area contributed by atoms with Crippen LogP contribution < -0.4 is 4.74 Å². The normalized spacial score (nSPS) is 12.4. The smallest absolute Gasteiger partial charge is 0.153 e. The van der Waals surface area contributed by atoms with Crippen molar-refractivity contribution in [2.45, 2.75) is 0 Å². The molecule has 2 nitrogen and oxygen atoms in total. The highest BCUT2D eigenvalue weighted by atomic mass is 16.5. The lowest BCUT2D eigenvalue weighted by Gasteiger charge is -2.09. The molecular weight excluding hydrogens is 234 g/mol. The van der Waals surface area contributed by atoms with Crippen LogP contribution in [0.3, 0.4) is 0 Å². The Kier molecular flexibility index (Phi) is 2.15. The Hall–Kier alpha value is -2.61. The fourth-order valence-corrected chi connectivity index (χ4v) is 2.40. The first-order valence-corrected chi connectivity index (χ1v) is 6.24. The van der Waals surface area contributed by atoms with Gasteiger partial charge in [0, 0.05) is 11.8 Å². The zero-order valence-corrected chi connectivity index (χ0v) is 10.2. The van der Waals surface area contributed by atoms with E-state index in [2.05, 4.69) is 23.2 Å². The summed E-state index contributed by atoms with van der Waals surface area (Å²) in [6.07, 6.45) is 1.89. The van der Waals surface area contributed by atoms with Gasteiger partial charge in [0.05, 0.1) is 0 Å². The second-order valence-corrected chi connectivity index (χ2v) is 4.53. The molecule has 0 aromatic heterocycles. The average Bonchev–Trinajstić information content (AvgIpc) is 2.66. The number of benzene rings is 3. The highest BCUT2D eigenvalue weighted by molar-refractivity contribution is 6.03. The van der Waals surface area contributed by atoms with Gasteiger partial charge in [-0.05, 0) is 29.0 Å². The minimum atomic E-state index is 0.799. The van der Waals surface area contributed by atoms with Gasteiger partial charge >= 0.3 is 0 Å². The maximum atomic E-state index is 5.99. The number of ether oxygens (including phenoxy) is 1. The van der Waals surface area contributed by atoms with Crippen molar-refractivity contribution in [1.82, 2.24) is 0 Å².